The molecule has 0 unspecified atom stereocenters. The molecule has 0 saturated carbocycles. The fourth-order valence-electron chi connectivity index (χ4n) is 2.19. The SMILES string of the molecule is NC(=O)COC1CCN(S(=O)(=O)c2ccc(Br)cc2)CC1. The van der Waals surface area contributed by atoms with Gasteiger partial charge in [-0.15, -0.1) is 0 Å². The van der Waals surface area contributed by atoms with Gasteiger partial charge in [0.2, 0.25) is 15.9 Å². The number of primary amides is 1. The maximum Gasteiger partial charge on any atom is 0.243 e. The number of nitrogens with two attached hydrogens (primary N) is 1. The van der Waals surface area contributed by atoms with E-state index in [9.17, 15) is 13.2 Å². The number of sulfonamides is 1. The number of carbonyl (C=O) groups is 1. The maximum atomic E-state index is 12.5. The molecule has 1 aliphatic heterocycles. The average Bonchev–Trinajstić information content (AvgIpc) is 2.46. The lowest BCUT2D eigenvalue weighted by atomic mass is 10.1. The zero-order chi connectivity index (χ0) is 15.5. The highest BCUT2D eigenvalue weighted by Gasteiger charge is 2.29. The summed E-state index contributed by atoms with van der Waals surface area (Å²) in [4.78, 5) is 10.9. The van der Waals surface area contributed by atoms with E-state index in [1.807, 2.05) is 0 Å². The van der Waals surface area contributed by atoms with Crippen molar-refractivity contribution >= 4 is 31.9 Å². The third-order valence-electron chi connectivity index (χ3n) is 3.31. The third kappa shape index (κ3) is 4.26. The van der Waals surface area contributed by atoms with Gasteiger partial charge in [-0.05, 0) is 37.1 Å². The van der Waals surface area contributed by atoms with Gasteiger partial charge in [0.1, 0.15) is 6.61 Å². The summed E-state index contributed by atoms with van der Waals surface area (Å²) >= 11 is 3.28. The Hall–Kier alpha value is -0.960. The van der Waals surface area contributed by atoms with Gasteiger partial charge in [-0.1, -0.05) is 15.9 Å². The van der Waals surface area contributed by atoms with Gasteiger partial charge in [-0.2, -0.15) is 4.31 Å². The summed E-state index contributed by atoms with van der Waals surface area (Å²) in [5.41, 5.74) is 5.02. The molecule has 1 aromatic rings. The fraction of sp³-hybridized carbons (Fsp3) is 0.462. The number of amides is 1. The first-order valence-electron chi connectivity index (χ1n) is 6.55. The molecule has 1 fully saturated rings. The van der Waals surface area contributed by atoms with E-state index < -0.39 is 15.9 Å². The quantitative estimate of drug-likeness (QED) is 0.832. The minimum Gasteiger partial charge on any atom is -0.368 e. The predicted octanol–water partition coefficient (Wildman–Crippen LogP) is 1.10. The fourth-order valence-corrected chi connectivity index (χ4v) is 3.93. The highest BCUT2D eigenvalue weighted by atomic mass is 79.9. The Kier molecular flexibility index (Phi) is 5.37. The molecule has 2 N–H and O–H groups in total. The van der Waals surface area contributed by atoms with Crippen molar-refractivity contribution in [2.75, 3.05) is 19.7 Å². The lowest BCUT2D eigenvalue weighted by molar-refractivity contribution is -0.125. The number of hydrogen-bond donors (Lipinski definition) is 1. The molecule has 0 radical (unpaired) electrons. The Morgan fingerprint density at radius 3 is 2.38 bits per heavy atom. The molecule has 2 rings (SSSR count). The van der Waals surface area contributed by atoms with E-state index in [1.165, 1.54) is 4.31 Å². The number of ether oxygens (including phenoxy) is 1. The van der Waals surface area contributed by atoms with Crippen molar-refractivity contribution in [2.45, 2.75) is 23.8 Å². The Labute approximate surface area is 132 Å². The number of halogens is 1. The molecule has 0 aliphatic carbocycles. The molecule has 0 aromatic heterocycles. The summed E-state index contributed by atoms with van der Waals surface area (Å²) in [5, 5.41) is 0. The molecule has 0 bridgehead atoms. The molecule has 21 heavy (non-hydrogen) atoms. The van der Waals surface area contributed by atoms with E-state index in [0.29, 0.717) is 25.9 Å². The van der Waals surface area contributed by atoms with Crippen molar-refractivity contribution in [3.63, 3.8) is 0 Å². The van der Waals surface area contributed by atoms with Crippen LogP contribution in [0.15, 0.2) is 33.6 Å². The summed E-state index contributed by atoms with van der Waals surface area (Å²) in [6, 6.07) is 6.56. The van der Waals surface area contributed by atoms with E-state index in [1.54, 1.807) is 24.3 Å². The molecular formula is C13H17BrN2O4S. The zero-order valence-electron chi connectivity index (χ0n) is 11.4. The largest absolute Gasteiger partial charge is 0.368 e. The van der Waals surface area contributed by atoms with E-state index in [-0.39, 0.29) is 17.6 Å². The number of rotatable bonds is 5. The van der Waals surface area contributed by atoms with Crippen LogP contribution >= 0.6 is 15.9 Å². The second kappa shape index (κ2) is 6.87. The molecule has 6 nitrogen and oxygen atoms in total. The summed E-state index contributed by atoms with van der Waals surface area (Å²) in [5.74, 6) is -0.514. The minimum atomic E-state index is -3.47. The Morgan fingerprint density at radius 1 is 1.29 bits per heavy atom. The van der Waals surface area contributed by atoms with Crippen LogP contribution in [0.25, 0.3) is 0 Å². The van der Waals surface area contributed by atoms with Crippen molar-refractivity contribution in [3.05, 3.63) is 28.7 Å². The topological polar surface area (TPSA) is 89.7 Å². The Morgan fingerprint density at radius 2 is 1.86 bits per heavy atom. The van der Waals surface area contributed by atoms with E-state index in [2.05, 4.69) is 15.9 Å². The molecule has 0 spiro atoms. The average molecular weight is 377 g/mol. The summed E-state index contributed by atoms with van der Waals surface area (Å²) in [6.45, 7) is 0.633. The van der Waals surface area contributed by atoms with Gasteiger partial charge in [0.15, 0.2) is 0 Å². The molecule has 8 heteroatoms. The molecule has 1 heterocycles. The standard InChI is InChI=1S/C13H17BrN2O4S/c14-10-1-3-12(4-2-10)21(18,19)16-7-5-11(6-8-16)20-9-13(15)17/h1-4,11H,5-9H2,(H2,15,17). The van der Waals surface area contributed by atoms with Crippen LogP contribution in [0.4, 0.5) is 0 Å². The predicted molar refractivity (Wildman–Crippen MR) is 81.1 cm³/mol. The second-order valence-electron chi connectivity index (χ2n) is 4.83. The van der Waals surface area contributed by atoms with Crippen LogP contribution in [0, 0.1) is 0 Å². The van der Waals surface area contributed by atoms with Gasteiger partial charge in [0.25, 0.3) is 0 Å². The number of nitrogens with zero attached hydrogens (tertiary/aromatic N) is 1. The van der Waals surface area contributed by atoms with E-state index in [4.69, 9.17) is 10.5 Å². The van der Waals surface area contributed by atoms with Gasteiger partial charge in [-0.25, -0.2) is 8.42 Å². The van der Waals surface area contributed by atoms with Crippen molar-refractivity contribution in [2.24, 2.45) is 5.73 Å². The third-order valence-corrected chi connectivity index (χ3v) is 5.76. The van der Waals surface area contributed by atoms with Crippen molar-refractivity contribution in [3.8, 4) is 0 Å². The van der Waals surface area contributed by atoms with E-state index in [0.717, 1.165) is 4.47 Å². The first-order chi connectivity index (χ1) is 9.89. The smallest absolute Gasteiger partial charge is 0.243 e. The number of piperidine rings is 1. The van der Waals surface area contributed by atoms with Crippen molar-refractivity contribution in [1.82, 2.24) is 4.31 Å². The van der Waals surface area contributed by atoms with Crippen molar-refractivity contribution in [1.29, 1.82) is 0 Å². The van der Waals surface area contributed by atoms with Gasteiger partial charge in [-0.3, -0.25) is 4.79 Å². The highest BCUT2D eigenvalue weighted by molar-refractivity contribution is 9.10. The van der Waals surface area contributed by atoms with Gasteiger partial charge in [0, 0.05) is 17.6 Å². The second-order valence-corrected chi connectivity index (χ2v) is 7.69. The molecule has 1 saturated heterocycles. The van der Waals surface area contributed by atoms with Gasteiger partial charge in [0.05, 0.1) is 11.0 Å². The molecule has 1 aliphatic rings. The summed E-state index contributed by atoms with van der Waals surface area (Å²) < 4.78 is 32.5. The molecule has 0 atom stereocenters. The zero-order valence-corrected chi connectivity index (χ0v) is 13.8. The highest BCUT2D eigenvalue weighted by Crippen LogP contribution is 2.23. The minimum absolute atomic E-state index is 0.117. The lowest BCUT2D eigenvalue weighted by Gasteiger charge is -2.30. The van der Waals surface area contributed by atoms with Crippen LogP contribution in [-0.4, -0.2) is 44.4 Å². The van der Waals surface area contributed by atoms with Crippen LogP contribution in [0.2, 0.25) is 0 Å². The molecule has 1 aromatic carbocycles. The van der Waals surface area contributed by atoms with Crippen LogP contribution in [0.5, 0.6) is 0 Å². The maximum absolute atomic E-state index is 12.5. The Balaban J connectivity index is 1.97. The molecule has 116 valence electrons. The van der Waals surface area contributed by atoms with Crippen molar-refractivity contribution < 1.29 is 17.9 Å². The van der Waals surface area contributed by atoms with Crippen LogP contribution < -0.4 is 5.73 Å². The first kappa shape index (κ1) is 16.4. The van der Waals surface area contributed by atoms with Gasteiger partial charge < -0.3 is 10.5 Å². The summed E-state index contributed by atoms with van der Waals surface area (Å²) in [7, 11) is -3.47. The molecule has 1 amide bonds. The van der Waals surface area contributed by atoms with Crippen LogP contribution in [0.1, 0.15) is 12.8 Å². The summed E-state index contributed by atoms with van der Waals surface area (Å²) in [6.07, 6.45) is 1.00. The van der Waals surface area contributed by atoms with Crippen LogP contribution in [-0.2, 0) is 19.6 Å². The lowest BCUT2D eigenvalue weighted by Crippen LogP contribution is -2.41. The monoisotopic (exact) mass is 376 g/mol. The molecular weight excluding hydrogens is 360 g/mol. The number of carbonyl (C=O) groups excluding carboxylic acids is 1. The number of benzene rings is 1. The van der Waals surface area contributed by atoms with Gasteiger partial charge >= 0.3 is 0 Å². The van der Waals surface area contributed by atoms with Crippen LogP contribution in [0.3, 0.4) is 0 Å². The Bertz CT molecular complexity index is 595. The normalized spacial score (nSPS) is 17.8. The van der Waals surface area contributed by atoms with E-state index >= 15 is 0 Å². The first-order valence-corrected chi connectivity index (χ1v) is 8.78. The number of hydrogen-bond acceptors (Lipinski definition) is 4.